The normalized spacial score (nSPS) is 10.9. The van der Waals surface area contributed by atoms with Crippen LogP contribution >= 0.6 is 35.3 Å². The van der Waals surface area contributed by atoms with E-state index in [1.54, 1.807) is 24.6 Å². The summed E-state index contributed by atoms with van der Waals surface area (Å²) in [7, 11) is 1.61. The Bertz CT molecular complexity index is 647. The SMILES string of the molecule is CCNC(=NCc1ccnc(OC)c1)NCCc1csc(C)n1.I. The lowest BCUT2D eigenvalue weighted by molar-refractivity contribution is 0.397. The molecular weight excluding hydrogens is 437 g/mol. The predicted octanol–water partition coefficient (Wildman–Crippen LogP) is 2.77. The summed E-state index contributed by atoms with van der Waals surface area (Å²) in [5.41, 5.74) is 2.18. The van der Waals surface area contributed by atoms with Gasteiger partial charge in [0.1, 0.15) is 0 Å². The molecule has 0 saturated carbocycles. The van der Waals surface area contributed by atoms with Crippen molar-refractivity contribution < 1.29 is 4.74 Å². The van der Waals surface area contributed by atoms with Gasteiger partial charge in [-0.2, -0.15) is 0 Å². The molecule has 2 N–H and O–H groups in total. The molecule has 2 rings (SSSR count). The van der Waals surface area contributed by atoms with Crippen LogP contribution in [0, 0.1) is 6.92 Å². The third-order valence-corrected chi connectivity index (χ3v) is 3.93. The lowest BCUT2D eigenvalue weighted by atomic mass is 10.3. The van der Waals surface area contributed by atoms with Gasteiger partial charge in [0.25, 0.3) is 0 Å². The van der Waals surface area contributed by atoms with Crippen LogP contribution in [0.2, 0.25) is 0 Å². The Morgan fingerprint density at radius 3 is 2.88 bits per heavy atom. The zero-order valence-corrected chi connectivity index (χ0v) is 17.4. The van der Waals surface area contributed by atoms with Crippen molar-refractivity contribution >= 4 is 41.3 Å². The van der Waals surface area contributed by atoms with E-state index in [1.807, 2.05) is 19.1 Å². The van der Waals surface area contributed by atoms with Crippen molar-refractivity contribution in [3.63, 3.8) is 0 Å². The quantitative estimate of drug-likeness (QED) is 0.377. The monoisotopic (exact) mass is 461 g/mol. The Kier molecular flexibility index (Phi) is 9.62. The van der Waals surface area contributed by atoms with Crippen molar-refractivity contribution in [1.82, 2.24) is 20.6 Å². The molecule has 8 heteroatoms. The lowest BCUT2D eigenvalue weighted by Gasteiger charge is -2.10. The summed E-state index contributed by atoms with van der Waals surface area (Å²) in [5.74, 6) is 1.41. The Hall–Kier alpha value is -1.42. The van der Waals surface area contributed by atoms with Crippen LogP contribution in [-0.2, 0) is 13.0 Å². The number of guanidine groups is 1. The number of aryl methyl sites for hydroxylation is 1. The van der Waals surface area contributed by atoms with E-state index in [-0.39, 0.29) is 24.0 Å². The summed E-state index contributed by atoms with van der Waals surface area (Å²) in [6.07, 6.45) is 2.62. The molecule has 0 bridgehead atoms. The van der Waals surface area contributed by atoms with E-state index in [0.717, 1.165) is 41.7 Å². The van der Waals surface area contributed by atoms with Gasteiger partial charge in [0.15, 0.2) is 5.96 Å². The highest BCUT2D eigenvalue weighted by atomic mass is 127. The molecule has 2 aromatic heterocycles. The van der Waals surface area contributed by atoms with Crippen molar-refractivity contribution in [3.05, 3.63) is 40.0 Å². The molecule has 0 aromatic carbocycles. The fourth-order valence-corrected chi connectivity index (χ4v) is 2.65. The number of hydrogen-bond acceptors (Lipinski definition) is 5. The second-order valence-electron chi connectivity index (χ2n) is 4.94. The summed E-state index contributed by atoms with van der Waals surface area (Å²) in [6, 6.07) is 3.83. The summed E-state index contributed by atoms with van der Waals surface area (Å²) >= 11 is 1.68. The Morgan fingerprint density at radius 1 is 1.38 bits per heavy atom. The van der Waals surface area contributed by atoms with E-state index in [1.165, 1.54) is 0 Å². The second kappa shape index (κ2) is 11.2. The van der Waals surface area contributed by atoms with Crippen molar-refractivity contribution in [3.8, 4) is 5.88 Å². The molecule has 0 saturated heterocycles. The molecule has 0 radical (unpaired) electrons. The number of hydrogen-bond donors (Lipinski definition) is 2. The zero-order chi connectivity index (χ0) is 16.5. The molecule has 2 heterocycles. The number of ether oxygens (including phenoxy) is 1. The molecule has 6 nitrogen and oxygen atoms in total. The number of nitrogens with zero attached hydrogens (tertiary/aromatic N) is 3. The number of methoxy groups -OCH3 is 1. The first-order valence-electron chi connectivity index (χ1n) is 7.63. The molecule has 24 heavy (non-hydrogen) atoms. The average molecular weight is 461 g/mol. The van der Waals surface area contributed by atoms with Crippen LogP contribution in [0.15, 0.2) is 28.7 Å². The van der Waals surface area contributed by atoms with Gasteiger partial charge in [-0.1, -0.05) is 0 Å². The summed E-state index contributed by atoms with van der Waals surface area (Å²) in [6.45, 7) is 6.27. The third kappa shape index (κ3) is 7.00. The van der Waals surface area contributed by atoms with Crippen LogP contribution in [0.1, 0.15) is 23.2 Å². The summed E-state index contributed by atoms with van der Waals surface area (Å²) in [5, 5.41) is 9.79. The molecule has 0 aliphatic carbocycles. The molecule has 0 fully saturated rings. The highest BCUT2D eigenvalue weighted by molar-refractivity contribution is 14.0. The van der Waals surface area contributed by atoms with Gasteiger partial charge in [-0.25, -0.2) is 15.0 Å². The van der Waals surface area contributed by atoms with Gasteiger partial charge in [0.2, 0.25) is 5.88 Å². The Balaban J connectivity index is 0.00000288. The van der Waals surface area contributed by atoms with E-state index in [4.69, 9.17) is 4.74 Å². The van der Waals surface area contributed by atoms with Gasteiger partial charge in [-0.05, 0) is 25.5 Å². The fourth-order valence-electron chi connectivity index (χ4n) is 2.00. The number of aromatic nitrogens is 2. The Morgan fingerprint density at radius 2 is 2.21 bits per heavy atom. The molecular formula is C16H24IN5OS. The van der Waals surface area contributed by atoms with E-state index < -0.39 is 0 Å². The molecule has 0 spiro atoms. The van der Waals surface area contributed by atoms with Crippen LogP contribution in [0.3, 0.4) is 0 Å². The van der Waals surface area contributed by atoms with Crippen molar-refractivity contribution in [2.24, 2.45) is 4.99 Å². The highest BCUT2D eigenvalue weighted by Gasteiger charge is 2.01. The zero-order valence-electron chi connectivity index (χ0n) is 14.2. The van der Waals surface area contributed by atoms with E-state index in [0.29, 0.717) is 12.4 Å². The largest absolute Gasteiger partial charge is 0.481 e. The van der Waals surface area contributed by atoms with Gasteiger partial charge in [0.05, 0.1) is 24.4 Å². The van der Waals surface area contributed by atoms with E-state index in [9.17, 15) is 0 Å². The van der Waals surface area contributed by atoms with Crippen LogP contribution in [0.5, 0.6) is 5.88 Å². The molecule has 132 valence electrons. The standard InChI is InChI=1S/C16H23N5OS.HI/c1-4-17-16(19-8-6-14-11-23-12(2)21-14)20-10-13-5-7-18-15(9-13)22-3;/h5,7,9,11H,4,6,8,10H2,1-3H3,(H2,17,19,20);1H. The van der Waals surface area contributed by atoms with Gasteiger partial charge in [-0.3, -0.25) is 0 Å². The maximum atomic E-state index is 5.13. The van der Waals surface area contributed by atoms with Gasteiger partial charge in [0, 0.05) is 37.2 Å². The predicted molar refractivity (Wildman–Crippen MR) is 110 cm³/mol. The lowest BCUT2D eigenvalue weighted by Crippen LogP contribution is -2.38. The van der Waals surface area contributed by atoms with Gasteiger partial charge in [-0.15, -0.1) is 35.3 Å². The third-order valence-electron chi connectivity index (χ3n) is 3.11. The maximum Gasteiger partial charge on any atom is 0.213 e. The van der Waals surface area contributed by atoms with E-state index in [2.05, 4.69) is 37.9 Å². The number of rotatable bonds is 7. The second-order valence-corrected chi connectivity index (χ2v) is 6.00. The molecule has 0 amide bonds. The smallest absolute Gasteiger partial charge is 0.213 e. The maximum absolute atomic E-state index is 5.13. The van der Waals surface area contributed by atoms with Crippen molar-refractivity contribution in [2.45, 2.75) is 26.8 Å². The van der Waals surface area contributed by atoms with Gasteiger partial charge >= 0.3 is 0 Å². The molecule has 0 aliphatic rings. The summed E-state index contributed by atoms with van der Waals surface area (Å²) in [4.78, 5) is 13.2. The van der Waals surface area contributed by atoms with Crippen LogP contribution in [0.25, 0.3) is 0 Å². The Labute approximate surface area is 164 Å². The topological polar surface area (TPSA) is 71.4 Å². The van der Waals surface area contributed by atoms with E-state index >= 15 is 0 Å². The number of pyridine rings is 1. The minimum Gasteiger partial charge on any atom is -0.481 e. The number of thiazole rings is 1. The molecule has 0 unspecified atom stereocenters. The van der Waals surface area contributed by atoms with Crippen LogP contribution in [-0.4, -0.2) is 36.1 Å². The first-order valence-corrected chi connectivity index (χ1v) is 8.51. The summed E-state index contributed by atoms with van der Waals surface area (Å²) < 4.78 is 5.13. The van der Waals surface area contributed by atoms with Crippen molar-refractivity contribution in [2.75, 3.05) is 20.2 Å². The first-order chi connectivity index (χ1) is 11.2. The fraction of sp³-hybridized carbons (Fsp3) is 0.438. The number of halogens is 1. The minimum atomic E-state index is 0. The number of nitrogens with one attached hydrogen (secondary N) is 2. The minimum absolute atomic E-state index is 0. The molecule has 0 aliphatic heterocycles. The highest BCUT2D eigenvalue weighted by Crippen LogP contribution is 2.09. The molecule has 0 atom stereocenters. The van der Waals surface area contributed by atoms with Crippen molar-refractivity contribution in [1.29, 1.82) is 0 Å². The van der Waals surface area contributed by atoms with Gasteiger partial charge < -0.3 is 15.4 Å². The number of aliphatic imine (C=N–C) groups is 1. The average Bonchev–Trinajstić information content (AvgIpc) is 2.98. The van der Waals surface area contributed by atoms with Crippen LogP contribution in [0.4, 0.5) is 0 Å². The van der Waals surface area contributed by atoms with Crippen LogP contribution < -0.4 is 15.4 Å². The first kappa shape index (κ1) is 20.6. The molecule has 2 aromatic rings.